The van der Waals surface area contributed by atoms with Crippen molar-refractivity contribution in [1.82, 2.24) is 5.32 Å². The highest BCUT2D eigenvalue weighted by Gasteiger charge is 2.25. The van der Waals surface area contributed by atoms with Crippen molar-refractivity contribution in [3.63, 3.8) is 0 Å². The van der Waals surface area contributed by atoms with E-state index in [4.69, 9.17) is 0 Å². The third-order valence-corrected chi connectivity index (χ3v) is 3.32. The van der Waals surface area contributed by atoms with Crippen molar-refractivity contribution < 1.29 is 4.79 Å². The third-order valence-electron chi connectivity index (χ3n) is 3.32. The van der Waals surface area contributed by atoms with Crippen molar-refractivity contribution in [2.45, 2.75) is 46.0 Å². The summed E-state index contributed by atoms with van der Waals surface area (Å²) in [7, 11) is 0. The molecule has 0 aromatic heterocycles. The zero-order valence-electron chi connectivity index (χ0n) is 9.46. The fraction of sp³-hybridized carbons (Fsp3) is 0.917. The van der Waals surface area contributed by atoms with Crippen LogP contribution in [-0.2, 0) is 4.79 Å². The Kier molecular flexibility index (Phi) is 4.99. The molecule has 0 heterocycles. The molecule has 0 spiro atoms. The lowest BCUT2D eigenvalue weighted by Gasteiger charge is -2.33. The van der Waals surface area contributed by atoms with Gasteiger partial charge in [0.2, 0.25) is 6.41 Å². The van der Waals surface area contributed by atoms with Crippen LogP contribution in [0.3, 0.4) is 0 Å². The Hall–Kier alpha value is -0.530. The van der Waals surface area contributed by atoms with Gasteiger partial charge in [-0.1, -0.05) is 26.7 Å². The summed E-state index contributed by atoms with van der Waals surface area (Å²) in [6.07, 6.45) is 7.49. The SMILES string of the molecule is CCCC1CC(C)CC(CNC=O)C1. The fourth-order valence-corrected chi connectivity index (χ4v) is 2.92. The van der Waals surface area contributed by atoms with E-state index in [-0.39, 0.29) is 0 Å². The average molecular weight is 197 g/mol. The van der Waals surface area contributed by atoms with Gasteiger partial charge in [0.15, 0.2) is 0 Å². The molecule has 0 saturated heterocycles. The monoisotopic (exact) mass is 197 g/mol. The molecule has 0 aromatic rings. The van der Waals surface area contributed by atoms with Crippen LogP contribution >= 0.6 is 0 Å². The van der Waals surface area contributed by atoms with Crippen molar-refractivity contribution in [2.24, 2.45) is 17.8 Å². The summed E-state index contributed by atoms with van der Waals surface area (Å²) in [4.78, 5) is 10.2. The van der Waals surface area contributed by atoms with E-state index in [1.54, 1.807) is 0 Å². The highest BCUT2D eigenvalue weighted by Crippen LogP contribution is 2.35. The molecule has 0 aromatic carbocycles. The predicted molar refractivity (Wildman–Crippen MR) is 59.0 cm³/mol. The zero-order chi connectivity index (χ0) is 10.4. The molecule has 0 bridgehead atoms. The van der Waals surface area contributed by atoms with Crippen molar-refractivity contribution >= 4 is 6.41 Å². The van der Waals surface area contributed by atoms with Crippen LogP contribution in [0.2, 0.25) is 0 Å². The second kappa shape index (κ2) is 6.05. The van der Waals surface area contributed by atoms with Gasteiger partial charge in [-0.15, -0.1) is 0 Å². The Morgan fingerprint density at radius 3 is 2.64 bits per heavy atom. The van der Waals surface area contributed by atoms with Crippen molar-refractivity contribution in [2.75, 3.05) is 6.54 Å². The molecule has 1 aliphatic rings. The van der Waals surface area contributed by atoms with Gasteiger partial charge < -0.3 is 5.32 Å². The van der Waals surface area contributed by atoms with Gasteiger partial charge in [-0.25, -0.2) is 0 Å². The summed E-state index contributed by atoms with van der Waals surface area (Å²) >= 11 is 0. The molecule has 82 valence electrons. The standard InChI is InChI=1S/C12H23NO/c1-3-4-11-5-10(2)6-12(7-11)8-13-9-14/h9-12H,3-8H2,1-2H3,(H,13,14). The number of rotatable bonds is 5. The minimum atomic E-state index is 0.723. The normalized spacial score (nSPS) is 32.6. The van der Waals surface area contributed by atoms with Crippen LogP contribution in [-0.4, -0.2) is 13.0 Å². The molecule has 1 N–H and O–H groups in total. The van der Waals surface area contributed by atoms with Gasteiger partial charge in [0.1, 0.15) is 0 Å². The maximum absolute atomic E-state index is 10.2. The summed E-state index contributed by atoms with van der Waals surface area (Å²) < 4.78 is 0. The van der Waals surface area contributed by atoms with Gasteiger partial charge in [-0.2, -0.15) is 0 Å². The molecular weight excluding hydrogens is 174 g/mol. The molecule has 1 saturated carbocycles. The van der Waals surface area contributed by atoms with Gasteiger partial charge in [0.05, 0.1) is 0 Å². The van der Waals surface area contributed by atoms with Crippen LogP contribution in [0, 0.1) is 17.8 Å². The Balaban J connectivity index is 2.33. The van der Waals surface area contributed by atoms with E-state index < -0.39 is 0 Å². The van der Waals surface area contributed by atoms with E-state index in [1.807, 2.05) is 0 Å². The number of hydrogen-bond acceptors (Lipinski definition) is 1. The van der Waals surface area contributed by atoms with E-state index >= 15 is 0 Å². The molecule has 3 atom stereocenters. The Bertz CT molecular complexity index is 170. The lowest BCUT2D eigenvalue weighted by atomic mass is 9.74. The summed E-state index contributed by atoms with van der Waals surface area (Å²) in [5.74, 6) is 2.47. The summed E-state index contributed by atoms with van der Waals surface area (Å²) in [5, 5.41) is 2.82. The highest BCUT2D eigenvalue weighted by atomic mass is 16.1. The molecule has 0 aliphatic heterocycles. The first-order chi connectivity index (χ1) is 6.76. The molecule has 1 rings (SSSR count). The Morgan fingerprint density at radius 1 is 1.29 bits per heavy atom. The van der Waals surface area contributed by atoms with E-state index in [0.29, 0.717) is 0 Å². The lowest BCUT2D eigenvalue weighted by molar-refractivity contribution is -0.109. The summed E-state index contributed by atoms with van der Waals surface area (Å²) in [6, 6.07) is 0. The van der Waals surface area contributed by atoms with E-state index in [1.165, 1.54) is 32.1 Å². The molecule has 2 nitrogen and oxygen atoms in total. The Labute approximate surface area is 87.5 Å². The summed E-state index contributed by atoms with van der Waals surface area (Å²) in [6.45, 7) is 5.49. The third kappa shape index (κ3) is 3.69. The quantitative estimate of drug-likeness (QED) is 0.674. The molecule has 1 aliphatic carbocycles. The van der Waals surface area contributed by atoms with Crippen LogP contribution in [0.15, 0.2) is 0 Å². The largest absolute Gasteiger partial charge is 0.358 e. The van der Waals surface area contributed by atoms with Crippen LogP contribution in [0.4, 0.5) is 0 Å². The maximum atomic E-state index is 10.2. The molecule has 14 heavy (non-hydrogen) atoms. The number of carbonyl (C=O) groups is 1. The van der Waals surface area contributed by atoms with Gasteiger partial charge >= 0.3 is 0 Å². The number of nitrogens with one attached hydrogen (secondary N) is 1. The maximum Gasteiger partial charge on any atom is 0.207 e. The van der Waals surface area contributed by atoms with Gasteiger partial charge in [-0.05, 0) is 37.0 Å². The van der Waals surface area contributed by atoms with Crippen LogP contribution < -0.4 is 5.32 Å². The first-order valence-corrected chi connectivity index (χ1v) is 5.93. The minimum Gasteiger partial charge on any atom is -0.358 e. The second-order valence-corrected chi connectivity index (χ2v) is 4.86. The van der Waals surface area contributed by atoms with Crippen LogP contribution in [0.1, 0.15) is 46.0 Å². The van der Waals surface area contributed by atoms with Gasteiger partial charge in [-0.3, -0.25) is 4.79 Å². The van der Waals surface area contributed by atoms with Crippen molar-refractivity contribution in [3.8, 4) is 0 Å². The topological polar surface area (TPSA) is 29.1 Å². The average Bonchev–Trinajstić information content (AvgIpc) is 2.14. The minimum absolute atomic E-state index is 0.723. The molecule has 2 heteroatoms. The zero-order valence-corrected chi connectivity index (χ0v) is 9.46. The second-order valence-electron chi connectivity index (χ2n) is 4.86. The fourth-order valence-electron chi connectivity index (χ4n) is 2.92. The van der Waals surface area contributed by atoms with E-state index in [9.17, 15) is 4.79 Å². The molecular formula is C12H23NO. The molecule has 1 fully saturated rings. The number of hydrogen-bond donors (Lipinski definition) is 1. The first-order valence-electron chi connectivity index (χ1n) is 5.93. The van der Waals surface area contributed by atoms with Crippen molar-refractivity contribution in [3.05, 3.63) is 0 Å². The van der Waals surface area contributed by atoms with Gasteiger partial charge in [0.25, 0.3) is 0 Å². The van der Waals surface area contributed by atoms with Crippen LogP contribution in [0.25, 0.3) is 0 Å². The molecule has 3 unspecified atom stereocenters. The Morgan fingerprint density at radius 2 is 2.00 bits per heavy atom. The first kappa shape index (κ1) is 11.5. The predicted octanol–water partition coefficient (Wildman–Crippen LogP) is 2.58. The summed E-state index contributed by atoms with van der Waals surface area (Å²) in [5.41, 5.74) is 0. The van der Waals surface area contributed by atoms with E-state index in [2.05, 4.69) is 19.2 Å². The van der Waals surface area contributed by atoms with Crippen LogP contribution in [0.5, 0.6) is 0 Å². The number of carbonyl (C=O) groups excluding carboxylic acids is 1. The smallest absolute Gasteiger partial charge is 0.207 e. The highest BCUT2D eigenvalue weighted by molar-refractivity contribution is 5.45. The lowest BCUT2D eigenvalue weighted by Crippen LogP contribution is -2.29. The van der Waals surface area contributed by atoms with E-state index in [0.717, 1.165) is 30.7 Å². The van der Waals surface area contributed by atoms with Crippen molar-refractivity contribution in [1.29, 1.82) is 0 Å². The van der Waals surface area contributed by atoms with Gasteiger partial charge in [0, 0.05) is 6.54 Å². The number of amides is 1. The molecule has 0 radical (unpaired) electrons. The molecule has 1 amide bonds.